The molecule has 15 heteroatoms. The van der Waals surface area contributed by atoms with Gasteiger partial charge in [-0.25, -0.2) is 4.79 Å². The summed E-state index contributed by atoms with van der Waals surface area (Å²) in [6.07, 6.45) is 1.61. The van der Waals surface area contributed by atoms with Gasteiger partial charge in [0.15, 0.2) is 22.7 Å². The fraction of sp³-hybridized carbons (Fsp3) is 0.156. The molecule has 2 aromatic heterocycles. The Bertz CT molecular complexity index is 2260. The highest BCUT2D eigenvalue weighted by molar-refractivity contribution is 9.10. The number of methoxy groups -OCH3 is 1. The standard InChI is InChI=1S/C32H24BrCl2N5O6S/c1-37-27-26(29(42)38(2)31(37)43)39(16-19-9-10-20(34)14-22(19)35)30(36-27)46-23-11-8-17(12-24(23)45-3)13-25-28(41)40(32(44)47-25)15-18-6-4-5-7-21(18)33/h4-14H,15-16H2,1-3H3. The van der Waals surface area contributed by atoms with Crippen molar-refractivity contribution in [2.75, 3.05) is 7.11 Å². The van der Waals surface area contributed by atoms with E-state index < -0.39 is 17.2 Å². The number of nitrogens with zero attached hydrogens (tertiary/aromatic N) is 5. The summed E-state index contributed by atoms with van der Waals surface area (Å²) >= 11 is 16.9. The van der Waals surface area contributed by atoms with E-state index >= 15 is 0 Å². The van der Waals surface area contributed by atoms with E-state index in [-0.39, 0.29) is 51.9 Å². The molecule has 1 fully saturated rings. The third-order valence-electron chi connectivity index (χ3n) is 7.50. The molecule has 6 rings (SSSR count). The molecule has 0 radical (unpaired) electrons. The van der Waals surface area contributed by atoms with Gasteiger partial charge < -0.3 is 9.47 Å². The maximum Gasteiger partial charge on any atom is 0.332 e. The van der Waals surface area contributed by atoms with Crippen LogP contribution in [-0.4, -0.2) is 41.8 Å². The van der Waals surface area contributed by atoms with E-state index in [1.807, 2.05) is 24.3 Å². The van der Waals surface area contributed by atoms with Gasteiger partial charge in [0.1, 0.15) is 0 Å². The maximum atomic E-state index is 13.3. The Labute approximate surface area is 290 Å². The molecule has 3 aromatic carbocycles. The number of rotatable bonds is 8. The SMILES string of the molecule is COc1cc(C=C2SC(=O)N(Cc3ccccc3Br)C2=O)ccc1Oc1nc2c(c(=O)n(C)c(=O)n2C)n1Cc1ccc(Cl)cc1Cl. The Kier molecular flexibility index (Phi) is 9.07. The van der Waals surface area contributed by atoms with Gasteiger partial charge >= 0.3 is 11.7 Å². The van der Waals surface area contributed by atoms with Gasteiger partial charge in [-0.05, 0) is 64.9 Å². The summed E-state index contributed by atoms with van der Waals surface area (Å²) < 4.78 is 16.4. The molecular weight excluding hydrogens is 733 g/mol. The van der Waals surface area contributed by atoms with Crippen molar-refractivity contribution in [3.8, 4) is 17.5 Å². The van der Waals surface area contributed by atoms with Crippen molar-refractivity contribution in [2.24, 2.45) is 14.1 Å². The van der Waals surface area contributed by atoms with Crippen LogP contribution in [0.15, 0.2) is 79.6 Å². The molecule has 0 bridgehead atoms. The third kappa shape index (κ3) is 6.23. The molecule has 1 aliphatic rings. The third-order valence-corrected chi connectivity index (χ3v) is 9.77. The minimum Gasteiger partial charge on any atom is -0.493 e. The summed E-state index contributed by atoms with van der Waals surface area (Å²) in [6.45, 7) is 0.210. The second-order valence-corrected chi connectivity index (χ2v) is 13.2. The molecule has 47 heavy (non-hydrogen) atoms. The molecule has 240 valence electrons. The molecule has 11 nitrogen and oxygen atoms in total. The Morgan fingerprint density at radius 2 is 1.68 bits per heavy atom. The zero-order valence-corrected chi connectivity index (χ0v) is 28.9. The van der Waals surface area contributed by atoms with E-state index in [1.165, 1.54) is 35.2 Å². The molecule has 0 aliphatic carbocycles. The Balaban J connectivity index is 1.35. The highest BCUT2D eigenvalue weighted by Crippen LogP contribution is 2.37. The molecule has 1 aliphatic heterocycles. The van der Waals surface area contributed by atoms with Gasteiger partial charge in [-0.3, -0.25) is 33.0 Å². The number of carbonyl (C=O) groups excluding carboxylic acids is 2. The summed E-state index contributed by atoms with van der Waals surface area (Å²) in [5.74, 6) is 0.125. The Morgan fingerprint density at radius 1 is 0.915 bits per heavy atom. The van der Waals surface area contributed by atoms with Crippen molar-refractivity contribution >= 4 is 79.3 Å². The first kappa shape index (κ1) is 32.6. The monoisotopic (exact) mass is 755 g/mol. The smallest absolute Gasteiger partial charge is 0.332 e. The van der Waals surface area contributed by atoms with Gasteiger partial charge in [0.05, 0.1) is 25.1 Å². The zero-order valence-electron chi connectivity index (χ0n) is 25.0. The average Bonchev–Trinajstić information content (AvgIpc) is 3.53. The predicted molar refractivity (Wildman–Crippen MR) is 185 cm³/mol. The number of benzene rings is 3. The fourth-order valence-corrected chi connectivity index (χ4v) is 6.73. The molecule has 2 amide bonds. The van der Waals surface area contributed by atoms with E-state index in [0.29, 0.717) is 21.2 Å². The van der Waals surface area contributed by atoms with Crippen molar-refractivity contribution < 1.29 is 19.1 Å². The normalized spacial score (nSPS) is 14.1. The highest BCUT2D eigenvalue weighted by atomic mass is 79.9. The first-order valence-corrected chi connectivity index (χ1v) is 16.3. The highest BCUT2D eigenvalue weighted by Gasteiger charge is 2.35. The van der Waals surface area contributed by atoms with Crippen LogP contribution in [0.5, 0.6) is 17.5 Å². The molecule has 5 aromatic rings. The lowest BCUT2D eigenvalue weighted by molar-refractivity contribution is -0.123. The molecule has 0 unspecified atom stereocenters. The number of amides is 2. The molecule has 3 heterocycles. The fourth-order valence-electron chi connectivity index (χ4n) is 5.01. The van der Waals surface area contributed by atoms with Gasteiger partial charge in [-0.1, -0.05) is 69.5 Å². The van der Waals surface area contributed by atoms with Gasteiger partial charge in [0.25, 0.3) is 16.7 Å². The van der Waals surface area contributed by atoms with Crippen molar-refractivity contribution in [2.45, 2.75) is 13.1 Å². The van der Waals surface area contributed by atoms with Crippen LogP contribution in [-0.2, 0) is 32.0 Å². The summed E-state index contributed by atoms with van der Waals surface area (Å²) in [7, 11) is 4.35. The molecular formula is C32H24BrCl2N5O6S. The average molecular weight is 757 g/mol. The number of aromatic nitrogens is 4. The summed E-state index contributed by atoms with van der Waals surface area (Å²) in [6, 6.07) is 17.3. The summed E-state index contributed by atoms with van der Waals surface area (Å²) in [5, 5.41) is 0.446. The van der Waals surface area contributed by atoms with Crippen molar-refractivity contribution in [1.29, 1.82) is 0 Å². The number of imidazole rings is 1. The molecule has 0 atom stereocenters. The molecule has 0 N–H and O–H groups in total. The van der Waals surface area contributed by atoms with Crippen LogP contribution in [0.2, 0.25) is 10.0 Å². The summed E-state index contributed by atoms with van der Waals surface area (Å²) in [5.41, 5.74) is 1.15. The van der Waals surface area contributed by atoms with Gasteiger partial charge in [0.2, 0.25) is 0 Å². The van der Waals surface area contributed by atoms with E-state index in [9.17, 15) is 19.2 Å². The van der Waals surface area contributed by atoms with E-state index in [4.69, 9.17) is 32.7 Å². The second kappa shape index (κ2) is 13.1. The van der Waals surface area contributed by atoms with Crippen LogP contribution < -0.4 is 20.7 Å². The number of hydrogen-bond acceptors (Lipinski definition) is 8. The molecule has 0 spiro atoms. The number of hydrogen-bond donors (Lipinski definition) is 0. The van der Waals surface area contributed by atoms with Crippen molar-refractivity contribution in [3.05, 3.63) is 118 Å². The van der Waals surface area contributed by atoms with E-state index in [1.54, 1.807) is 42.5 Å². The molecule has 0 saturated carbocycles. The van der Waals surface area contributed by atoms with Crippen molar-refractivity contribution in [1.82, 2.24) is 23.6 Å². The number of aryl methyl sites for hydroxylation is 1. The number of carbonyl (C=O) groups is 2. The zero-order chi connectivity index (χ0) is 33.6. The van der Waals surface area contributed by atoms with Crippen LogP contribution in [0.4, 0.5) is 4.79 Å². The Morgan fingerprint density at radius 3 is 2.40 bits per heavy atom. The van der Waals surface area contributed by atoms with E-state index in [0.717, 1.165) is 26.4 Å². The minimum absolute atomic E-state index is 0.00330. The maximum absolute atomic E-state index is 13.3. The minimum atomic E-state index is -0.564. The lowest BCUT2D eigenvalue weighted by Gasteiger charge is -2.14. The first-order chi connectivity index (χ1) is 22.5. The van der Waals surface area contributed by atoms with Gasteiger partial charge in [-0.2, -0.15) is 4.98 Å². The van der Waals surface area contributed by atoms with Crippen molar-refractivity contribution in [3.63, 3.8) is 0 Å². The second-order valence-electron chi connectivity index (χ2n) is 10.5. The summed E-state index contributed by atoms with van der Waals surface area (Å²) in [4.78, 5) is 57.9. The van der Waals surface area contributed by atoms with Gasteiger partial charge in [0, 0.05) is 28.6 Å². The largest absolute Gasteiger partial charge is 0.493 e. The predicted octanol–water partition coefficient (Wildman–Crippen LogP) is 6.59. The quantitative estimate of drug-likeness (QED) is 0.163. The number of thioether (sulfide) groups is 1. The van der Waals surface area contributed by atoms with Gasteiger partial charge in [-0.15, -0.1) is 0 Å². The van der Waals surface area contributed by atoms with Crippen LogP contribution in [0.25, 0.3) is 17.2 Å². The Hall–Kier alpha value is -4.30. The number of halogens is 3. The lowest BCUT2D eigenvalue weighted by atomic mass is 10.1. The number of fused-ring (bicyclic) bond motifs is 1. The number of ether oxygens (including phenoxy) is 2. The first-order valence-electron chi connectivity index (χ1n) is 13.9. The van der Waals surface area contributed by atoms with Crippen LogP contribution in [0.1, 0.15) is 16.7 Å². The number of imide groups is 1. The lowest BCUT2D eigenvalue weighted by Crippen LogP contribution is -2.37. The molecule has 1 saturated heterocycles. The van der Waals surface area contributed by atoms with Crippen LogP contribution in [0.3, 0.4) is 0 Å². The van der Waals surface area contributed by atoms with Crippen LogP contribution in [0, 0.1) is 0 Å². The van der Waals surface area contributed by atoms with Crippen LogP contribution >= 0.6 is 50.9 Å². The van der Waals surface area contributed by atoms with E-state index in [2.05, 4.69) is 20.9 Å². The topological polar surface area (TPSA) is 118 Å².